The van der Waals surface area contributed by atoms with Crippen LogP contribution in [0.3, 0.4) is 0 Å². The van der Waals surface area contributed by atoms with Crippen molar-refractivity contribution in [2.45, 2.75) is 33.7 Å². The van der Waals surface area contributed by atoms with Gasteiger partial charge in [0.15, 0.2) is 6.61 Å². The van der Waals surface area contributed by atoms with Crippen LogP contribution in [0, 0.1) is 25.2 Å². The molecule has 0 amide bonds. The summed E-state index contributed by atoms with van der Waals surface area (Å²) in [6.07, 6.45) is 0. The van der Waals surface area contributed by atoms with Crippen molar-refractivity contribution in [2.24, 2.45) is 0 Å². The molecule has 5 nitrogen and oxygen atoms in total. The Balaban J connectivity index is 2.10. The summed E-state index contributed by atoms with van der Waals surface area (Å²) in [4.78, 5) is 24.4. The van der Waals surface area contributed by atoms with Crippen molar-refractivity contribution in [3.05, 3.63) is 58.4 Å². The van der Waals surface area contributed by atoms with Gasteiger partial charge in [-0.25, -0.2) is 4.79 Å². The van der Waals surface area contributed by atoms with Crippen LogP contribution in [0.1, 0.15) is 57.6 Å². The van der Waals surface area contributed by atoms with E-state index in [-0.39, 0.29) is 24.0 Å². The predicted octanol–water partition coefficient (Wildman–Crippen LogP) is 3.60. The van der Waals surface area contributed by atoms with Gasteiger partial charge in [-0.15, -0.1) is 0 Å². The second-order valence-electron chi connectivity index (χ2n) is 5.94. The first-order valence-electron chi connectivity index (χ1n) is 7.74. The largest absolute Gasteiger partial charge is 0.454 e. The number of ketones is 1. The third kappa shape index (κ3) is 3.54. The molecular formula is C19H20N2O3. The number of nitriles is 1. The fourth-order valence-corrected chi connectivity index (χ4v) is 2.86. The summed E-state index contributed by atoms with van der Waals surface area (Å²) in [5, 5.41) is 8.86. The van der Waals surface area contributed by atoms with Crippen molar-refractivity contribution >= 4 is 11.8 Å². The Bertz CT molecular complexity index is 826. The van der Waals surface area contributed by atoms with E-state index in [1.165, 1.54) is 6.07 Å². The second-order valence-corrected chi connectivity index (χ2v) is 5.94. The minimum Gasteiger partial charge on any atom is -0.454 e. The number of aromatic nitrogens is 1. The molecule has 0 atom stereocenters. The van der Waals surface area contributed by atoms with E-state index in [2.05, 4.69) is 18.4 Å². The average Bonchev–Trinajstić information content (AvgIpc) is 2.87. The summed E-state index contributed by atoms with van der Waals surface area (Å²) >= 11 is 0. The lowest BCUT2D eigenvalue weighted by Gasteiger charge is -2.13. The van der Waals surface area contributed by atoms with Crippen LogP contribution in [0.25, 0.3) is 0 Å². The number of Topliss-reactive ketones (excluding diaryl/α,β-unsaturated/α-hetero) is 1. The lowest BCUT2D eigenvalue weighted by Crippen LogP contribution is -2.15. The van der Waals surface area contributed by atoms with Crippen molar-refractivity contribution in [1.82, 2.24) is 4.57 Å². The standard InChI is InChI=1S/C19H20N2O3/c1-12(2)21-13(3)8-17(14(21)4)18(22)11-24-19(23)16-7-5-6-15(9-16)10-20/h5-9,12H,11H2,1-4H3. The molecule has 24 heavy (non-hydrogen) atoms. The summed E-state index contributed by atoms with van der Waals surface area (Å²) in [5.41, 5.74) is 3.07. The van der Waals surface area contributed by atoms with Crippen molar-refractivity contribution in [1.29, 1.82) is 5.26 Å². The smallest absolute Gasteiger partial charge is 0.338 e. The number of benzene rings is 1. The van der Waals surface area contributed by atoms with E-state index >= 15 is 0 Å². The van der Waals surface area contributed by atoms with Gasteiger partial charge in [-0.2, -0.15) is 5.26 Å². The Morgan fingerprint density at radius 3 is 2.54 bits per heavy atom. The van der Waals surface area contributed by atoms with Gasteiger partial charge in [-0.3, -0.25) is 4.79 Å². The lowest BCUT2D eigenvalue weighted by molar-refractivity contribution is 0.0474. The molecule has 2 aromatic rings. The molecule has 1 aromatic heterocycles. The van der Waals surface area contributed by atoms with Gasteiger partial charge in [0.25, 0.3) is 0 Å². The average molecular weight is 324 g/mol. The van der Waals surface area contributed by atoms with Crippen molar-refractivity contribution < 1.29 is 14.3 Å². The normalized spacial score (nSPS) is 10.5. The summed E-state index contributed by atoms with van der Waals surface area (Å²) in [5.74, 6) is -0.849. The minimum atomic E-state index is -0.613. The highest BCUT2D eigenvalue weighted by atomic mass is 16.5. The highest BCUT2D eigenvalue weighted by molar-refractivity contribution is 6.00. The van der Waals surface area contributed by atoms with Gasteiger partial charge in [0.2, 0.25) is 5.78 Å². The molecule has 1 aromatic carbocycles. The molecule has 0 fully saturated rings. The highest BCUT2D eigenvalue weighted by Gasteiger charge is 2.19. The third-order valence-electron chi connectivity index (χ3n) is 3.86. The van der Waals surface area contributed by atoms with Gasteiger partial charge < -0.3 is 9.30 Å². The number of ether oxygens (including phenoxy) is 1. The van der Waals surface area contributed by atoms with Crippen molar-refractivity contribution in [2.75, 3.05) is 6.61 Å². The third-order valence-corrected chi connectivity index (χ3v) is 3.86. The molecule has 124 valence electrons. The van der Waals surface area contributed by atoms with Crippen LogP contribution in [0.15, 0.2) is 30.3 Å². The molecule has 1 heterocycles. The zero-order valence-electron chi connectivity index (χ0n) is 14.3. The van der Waals surface area contributed by atoms with Gasteiger partial charge in [0.05, 0.1) is 17.2 Å². The maximum Gasteiger partial charge on any atom is 0.338 e. The van der Waals surface area contributed by atoms with Gasteiger partial charge >= 0.3 is 5.97 Å². The Kier molecular flexibility index (Phi) is 5.20. The number of aryl methyl sites for hydroxylation is 1. The Hall–Kier alpha value is -2.87. The number of nitrogens with zero attached hydrogens (tertiary/aromatic N) is 2. The molecule has 0 saturated heterocycles. The predicted molar refractivity (Wildman–Crippen MR) is 90.1 cm³/mol. The second kappa shape index (κ2) is 7.14. The van der Waals surface area contributed by atoms with E-state index in [4.69, 9.17) is 10.00 Å². The van der Waals surface area contributed by atoms with E-state index in [9.17, 15) is 9.59 Å². The molecule has 0 spiro atoms. The number of carbonyl (C=O) groups is 2. The molecule has 0 radical (unpaired) electrons. The molecule has 0 aliphatic rings. The van der Waals surface area contributed by atoms with Crippen LogP contribution in [0.5, 0.6) is 0 Å². The molecule has 5 heteroatoms. The zero-order chi connectivity index (χ0) is 17.9. The zero-order valence-corrected chi connectivity index (χ0v) is 14.3. The summed E-state index contributed by atoms with van der Waals surface area (Å²) in [6.45, 7) is 7.62. The van der Waals surface area contributed by atoms with Gasteiger partial charge in [0, 0.05) is 23.0 Å². The topological polar surface area (TPSA) is 72.1 Å². The first-order chi connectivity index (χ1) is 11.3. The first-order valence-corrected chi connectivity index (χ1v) is 7.74. The van der Waals surface area contributed by atoms with Crippen molar-refractivity contribution in [3.8, 4) is 6.07 Å². The molecule has 0 bridgehead atoms. The highest BCUT2D eigenvalue weighted by Crippen LogP contribution is 2.20. The van der Waals surface area contributed by atoms with Crippen LogP contribution in [-0.4, -0.2) is 22.9 Å². The van der Waals surface area contributed by atoms with Crippen LogP contribution in [0.4, 0.5) is 0 Å². The molecule has 0 N–H and O–H groups in total. The fourth-order valence-electron chi connectivity index (χ4n) is 2.86. The number of carbonyl (C=O) groups excluding carboxylic acids is 2. The molecule has 0 saturated carbocycles. The van der Waals surface area contributed by atoms with Gasteiger partial charge in [-0.05, 0) is 52.0 Å². The quantitative estimate of drug-likeness (QED) is 0.622. The SMILES string of the molecule is Cc1cc(C(=O)COC(=O)c2cccc(C#N)c2)c(C)n1C(C)C. The van der Waals surface area contributed by atoms with Crippen molar-refractivity contribution in [3.63, 3.8) is 0 Å². The Labute approximate surface area is 141 Å². The molecule has 0 aliphatic heterocycles. The summed E-state index contributed by atoms with van der Waals surface area (Å²) < 4.78 is 7.18. The monoisotopic (exact) mass is 324 g/mol. The Morgan fingerprint density at radius 2 is 1.96 bits per heavy atom. The molecular weight excluding hydrogens is 304 g/mol. The van der Waals surface area contributed by atoms with E-state index in [1.54, 1.807) is 18.2 Å². The number of esters is 1. The fraction of sp³-hybridized carbons (Fsp3) is 0.316. The number of rotatable bonds is 5. The molecule has 0 aliphatic carbocycles. The molecule has 0 unspecified atom stereocenters. The van der Waals surface area contributed by atoms with Crippen LogP contribution >= 0.6 is 0 Å². The van der Waals surface area contributed by atoms with Crippen LogP contribution < -0.4 is 0 Å². The van der Waals surface area contributed by atoms with Crippen LogP contribution in [-0.2, 0) is 4.74 Å². The number of hydrogen-bond donors (Lipinski definition) is 0. The van der Waals surface area contributed by atoms with E-state index < -0.39 is 5.97 Å². The Morgan fingerprint density at radius 1 is 1.25 bits per heavy atom. The van der Waals surface area contributed by atoms with Crippen LogP contribution in [0.2, 0.25) is 0 Å². The van der Waals surface area contributed by atoms with Gasteiger partial charge in [-0.1, -0.05) is 6.07 Å². The first kappa shape index (κ1) is 17.5. The lowest BCUT2D eigenvalue weighted by atomic mass is 10.1. The van der Waals surface area contributed by atoms with E-state index in [0.717, 1.165) is 11.4 Å². The maximum absolute atomic E-state index is 12.4. The van der Waals surface area contributed by atoms with E-state index in [0.29, 0.717) is 11.1 Å². The summed E-state index contributed by atoms with van der Waals surface area (Å²) in [6, 6.07) is 10.2. The maximum atomic E-state index is 12.4. The molecule has 2 rings (SSSR count). The minimum absolute atomic E-state index is 0.236. The summed E-state index contributed by atoms with van der Waals surface area (Å²) in [7, 11) is 0. The van der Waals surface area contributed by atoms with E-state index in [1.807, 2.05) is 26.0 Å². The van der Waals surface area contributed by atoms with Gasteiger partial charge in [0.1, 0.15) is 0 Å². The number of hydrogen-bond acceptors (Lipinski definition) is 4.